The van der Waals surface area contributed by atoms with Gasteiger partial charge in [-0.2, -0.15) is 8.78 Å². The lowest BCUT2D eigenvalue weighted by atomic mass is 10.1. The van der Waals surface area contributed by atoms with E-state index in [4.69, 9.17) is 5.73 Å². The van der Waals surface area contributed by atoms with Gasteiger partial charge in [0, 0.05) is 37.8 Å². The van der Waals surface area contributed by atoms with Crippen molar-refractivity contribution in [3.63, 3.8) is 0 Å². The molecule has 2 rings (SSSR count). The molecule has 0 aromatic heterocycles. The van der Waals surface area contributed by atoms with E-state index in [1.165, 1.54) is 4.90 Å². The van der Waals surface area contributed by atoms with Crippen LogP contribution in [0.25, 0.3) is 0 Å². The third kappa shape index (κ3) is 3.72. The van der Waals surface area contributed by atoms with Crippen molar-refractivity contribution in [2.24, 2.45) is 5.73 Å². The van der Waals surface area contributed by atoms with Crippen molar-refractivity contribution < 1.29 is 27.2 Å². The van der Waals surface area contributed by atoms with Crippen molar-refractivity contribution in [1.29, 1.82) is 0 Å². The van der Waals surface area contributed by atoms with E-state index < -0.39 is 35.1 Å². The van der Waals surface area contributed by atoms with Crippen molar-refractivity contribution in [2.75, 3.05) is 26.2 Å². The molecule has 1 aromatic rings. The van der Waals surface area contributed by atoms with Gasteiger partial charge in [-0.25, -0.2) is 13.6 Å². The van der Waals surface area contributed by atoms with Crippen molar-refractivity contribution in [2.45, 2.75) is 12.3 Å². The van der Waals surface area contributed by atoms with Crippen LogP contribution in [0.3, 0.4) is 0 Å². The number of benzene rings is 1. The number of primary amides is 1. The van der Waals surface area contributed by atoms with Gasteiger partial charge in [-0.15, -0.1) is 0 Å². The number of nitrogens with two attached hydrogens (primary N) is 1. The number of rotatable bonds is 2. The minimum atomic E-state index is -4.06. The number of hydrogen-bond donors (Lipinski definition) is 1. The first-order valence-electron chi connectivity index (χ1n) is 6.90. The summed E-state index contributed by atoms with van der Waals surface area (Å²) >= 11 is 0. The normalized spacial score (nSPS) is 16.2. The fraction of sp³-hybridized carbons (Fsp3) is 0.429. The van der Waals surface area contributed by atoms with Crippen molar-refractivity contribution >= 4 is 11.9 Å². The van der Waals surface area contributed by atoms with Crippen LogP contribution in [0, 0.1) is 11.6 Å². The first-order chi connectivity index (χ1) is 10.7. The van der Waals surface area contributed by atoms with Crippen LogP contribution in [-0.4, -0.2) is 47.9 Å². The van der Waals surface area contributed by atoms with E-state index in [0.29, 0.717) is 18.2 Å². The monoisotopic (exact) mass is 333 g/mol. The summed E-state index contributed by atoms with van der Waals surface area (Å²) in [5.41, 5.74) is 4.08. The molecule has 0 atom stereocenters. The summed E-state index contributed by atoms with van der Waals surface area (Å²) in [5, 5.41) is 0. The number of urea groups is 1. The topological polar surface area (TPSA) is 66.6 Å². The molecule has 1 heterocycles. The van der Waals surface area contributed by atoms with Gasteiger partial charge in [0.25, 0.3) is 5.91 Å². The lowest BCUT2D eigenvalue weighted by molar-refractivity contribution is -0.158. The summed E-state index contributed by atoms with van der Waals surface area (Å²) in [4.78, 5) is 25.3. The van der Waals surface area contributed by atoms with Crippen LogP contribution < -0.4 is 5.73 Å². The van der Waals surface area contributed by atoms with E-state index in [9.17, 15) is 27.2 Å². The summed E-state index contributed by atoms with van der Waals surface area (Å²) in [6.07, 6.45) is 0.280. The molecule has 1 aromatic carbocycles. The van der Waals surface area contributed by atoms with Gasteiger partial charge in [0.2, 0.25) is 0 Å². The summed E-state index contributed by atoms with van der Waals surface area (Å²) in [6, 6.07) is 0.599. The highest BCUT2D eigenvalue weighted by Gasteiger charge is 2.44. The second kappa shape index (κ2) is 6.43. The fourth-order valence-electron chi connectivity index (χ4n) is 2.40. The van der Waals surface area contributed by atoms with E-state index in [0.717, 1.165) is 4.90 Å². The number of carbonyl (C=O) groups excluding carboxylic acids is 2. The molecule has 0 bridgehead atoms. The first-order valence-corrected chi connectivity index (χ1v) is 6.90. The standard InChI is InChI=1S/C14H15F4N3O2/c15-10-6-9(7-11(16)8-10)14(17,18)12(22)20-2-1-3-21(5-4-20)13(19)23/h6-8H,1-5H2,(H2,19,23). The van der Waals surface area contributed by atoms with Crippen LogP contribution in [0.4, 0.5) is 22.4 Å². The van der Waals surface area contributed by atoms with Gasteiger partial charge in [0.15, 0.2) is 0 Å². The number of amides is 3. The zero-order chi connectivity index (χ0) is 17.2. The molecular weight excluding hydrogens is 318 g/mol. The van der Waals surface area contributed by atoms with Crippen molar-refractivity contribution in [1.82, 2.24) is 9.80 Å². The molecule has 5 nitrogen and oxygen atoms in total. The molecule has 0 spiro atoms. The third-order valence-electron chi connectivity index (χ3n) is 3.59. The van der Waals surface area contributed by atoms with Crippen LogP contribution >= 0.6 is 0 Å². The number of carbonyl (C=O) groups is 2. The molecule has 126 valence electrons. The lowest BCUT2D eigenvalue weighted by Gasteiger charge is -2.26. The second-order valence-corrected chi connectivity index (χ2v) is 5.20. The van der Waals surface area contributed by atoms with Crippen molar-refractivity contribution in [3.8, 4) is 0 Å². The fourth-order valence-corrected chi connectivity index (χ4v) is 2.40. The molecule has 1 saturated heterocycles. The Kier molecular flexibility index (Phi) is 4.76. The van der Waals surface area contributed by atoms with Gasteiger partial charge in [-0.1, -0.05) is 0 Å². The van der Waals surface area contributed by atoms with E-state index in [2.05, 4.69) is 0 Å². The molecule has 0 radical (unpaired) electrons. The number of alkyl halides is 2. The highest BCUT2D eigenvalue weighted by Crippen LogP contribution is 2.31. The Morgan fingerprint density at radius 3 is 2.04 bits per heavy atom. The number of nitrogens with zero attached hydrogens (tertiary/aromatic N) is 2. The summed E-state index contributed by atoms with van der Waals surface area (Å²) in [5.74, 6) is -8.01. The maximum absolute atomic E-state index is 14.3. The van der Waals surface area contributed by atoms with E-state index in [-0.39, 0.29) is 32.6 Å². The first kappa shape index (κ1) is 17.0. The quantitative estimate of drug-likeness (QED) is 0.837. The van der Waals surface area contributed by atoms with E-state index in [1.807, 2.05) is 0 Å². The summed E-state index contributed by atoms with van der Waals surface area (Å²) in [6.45, 7) is 0.138. The Balaban J connectivity index is 2.19. The summed E-state index contributed by atoms with van der Waals surface area (Å²) < 4.78 is 54.7. The molecule has 0 aliphatic carbocycles. The highest BCUT2D eigenvalue weighted by molar-refractivity contribution is 5.85. The molecule has 1 fully saturated rings. The third-order valence-corrected chi connectivity index (χ3v) is 3.59. The van der Waals surface area contributed by atoms with Crippen LogP contribution in [0.5, 0.6) is 0 Å². The Labute approximate surface area is 129 Å². The summed E-state index contributed by atoms with van der Waals surface area (Å²) in [7, 11) is 0. The second-order valence-electron chi connectivity index (χ2n) is 5.20. The molecule has 0 unspecified atom stereocenters. The van der Waals surface area contributed by atoms with Gasteiger partial charge < -0.3 is 15.5 Å². The Morgan fingerprint density at radius 1 is 0.957 bits per heavy atom. The molecule has 2 N–H and O–H groups in total. The maximum atomic E-state index is 14.3. The highest BCUT2D eigenvalue weighted by atomic mass is 19.3. The molecule has 1 aliphatic rings. The Morgan fingerprint density at radius 2 is 1.48 bits per heavy atom. The average Bonchev–Trinajstić information content (AvgIpc) is 2.71. The number of halogens is 4. The zero-order valence-electron chi connectivity index (χ0n) is 12.1. The Bertz CT molecular complexity index is 604. The molecule has 23 heavy (non-hydrogen) atoms. The number of hydrogen-bond acceptors (Lipinski definition) is 2. The van der Waals surface area contributed by atoms with Crippen LogP contribution in [0.15, 0.2) is 18.2 Å². The van der Waals surface area contributed by atoms with Crippen molar-refractivity contribution in [3.05, 3.63) is 35.4 Å². The Hall–Kier alpha value is -2.32. The molecule has 9 heteroatoms. The molecular formula is C14H15F4N3O2. The average molecular weight is 333 g/mol. The smallest absolute Gasteiger partial charge is 0.350 e. The predicted molar refractivity (Wildman–Crippen MR) is 72.6 cm³/mol. The van der Waals surface area contributed by atoms with E-state index in [1.54, 1.807) is 0 Å². The maximum Gasteiger partial charge on any atom is 0.350 e. The minimum absolute atomic E-state index is 0.00397. The SMILES string of the molecule is NC(=O)N1CCCN(C(=O)C(F)(F)c2cc(F)cc(F)c2)CC1. The van der Waals surface area contributed by atoms with Gasteiger partial charge in [0.05, 0.1) is 0 Å². The minimum Gasteiger partial charge on any atom is -0.351 e. The van der Waals surface area contributed by atoms with Crippen LogP contribution in [-0.2, 0) is 10.7 Å². The molecule has 1 aliphatic heterocycles. The zero-order valence-corrected chi connectivity index (χ0v) is 12.1. The van der Waals surface area contributed by atoms with E-state index >= 15 is 0 Å². The molecule has 0 saturated carbocycles. The van der Waals surface area contributed by atoms with Crippen LogP contribution in [0.1, 0.15) is 12.0 Å². The predicted octanol–water partition coefficient (Wildman–Crippen LogP) is 1.67. The lowest BCUT2D eigenvalue weighted by Crippen LogP contribution is -2.44. The van der Waals surface area contributed by atoms with Gasteiger partial charge in [-0.05, 0) is 18.6 Å². The van der Waals surface area contributed by atoms with Crippen LogP contribution in [0.2, 0.25) is 0 Å². The molecule has 3 amide bonds. The largest absolute Gasteiger partial charge is 0.351 e. The van der Waals surface area contributed by atoms with Gasteiger partial charge in [-0.3, -0.25) is 4.79 Å². The van der Waals surface area contributed by atoms with Gasteiger partial charge in [0.1, 0.15) is 11.6 Å². The van der Waals surface area contributed by atoms with Gasteiger partial charge >= 0.3 is 12.0 Å².